The molecule has 0 unspecified atom stereocenters. The Morgan fingerprint density at radius 3 is 2.36 bits per heavy atom. The Morgan fingerprint density at radius 2 is 1.91 bits per heavy atom. The molecule has 1 saturated heterocycles. The van der Waals surface area contributed by atoms with E-state index in [2.05, 4.69) is 11.9 Å². The Hall–Kier alpha value is -0.260. The maximum Gasteiger partial charge on any atom is 0.291 e. The van der Waals surface area contributed by atoms with Crippen molar-refractivity contribution < 1.29 is 4.79 Å². The third-order valence-corrected chi connectivity index (χ3v) is 2.48. The Kier molecular flexibility index (Phi) is 3.16. The fourth-order valence-electron chi connectivity index (χ4n) is 1.01. The quantitative estimate of drug-likeness (QED) is 0.568. The average molecular weight is 175 g/mol. The molecule has 4 nitrogen and oxygen atoms in total. The van der Waals surface area contributed by atoms with Crippen molar-refractivity contribution in [1.82, 2.24) is 9.21 Å². The topological polar surface area (TPSA) is 49.6 Å². The van der Waals surface area contributed by atoms with Gasteiger partial charge in [-0.2, -0.15) is 0 Å². The minimum absolute atomic E-state index is 0.311. The minimum Gasteiger partial charge on any atom is -0.359 e. The summed E-state index contributed by atoms with van der Waals surface area (Å²) in [6.07, 6.45) is 0. The Bertz CT molecular complexity index is 145. The second kappa shape index (κ2) is 3.94. The second-order valence-electron chi connectivity index (χ2n) is 2.64. The van der Waals surface area contributed by atoms with Crippen molar-refractivity contribution in [2.24, 2.45) is 5.73 Å². The van der Waals surface area contributed by atoms with Crippen LogP contribution in [0, 0.1) is 0 Å². The lowest BCUT2D eigenvalue weighted by Crippen LogP contribution is -2.41. The van der Waals surface area contributed by atoms with Gasteiger partial charge in [0.2, 0.25) is 0 Å². The number of primary amides is 1. The Balaban J connectivity index is 2.22. The van der Waals surface area contributed by atoms with Gasteiger partial charge in [0.1, 0.15) is 0 Å². The standard InChI is InChI=1S/C6H13N3OS/c1-8-2-4-9(5-3-8)11-6(7)10/h2-5H2,1H3,(H2,7,10). The summed E-state index contributed by atoms with van der Waals surface area (Å²) in [5.74, 6) is 0. The molecule has 5 heteroatoms. The minimum atomic E-state index is -0.311. The molecule has 0 aromatic carbocycles. The van der Waals surface area contributed by atoms with Crippen LogP contribution in [0.1, 0.15) is 0 Å². The highest BCUT2D eigenvalue weighted by molar-refractivity contribution is 8.11. The molecule has 1 aliphatic rings. The molecule has 64 valence electrons. The predicted octanol–water partition coefficient (Wildman–Crippen LogP) is -0.0393. The van der Waals surface area contributed by atoms with E-state index in [1.54, 1.807) is 0 Å². The molecule has 0 aromatic heterocycles. The molecule has 1 amide bonds. The maximum atomic E-state index is 10.5. The second-order valence-corrected chi connectivity index (χ2v) is 3.74. The number of nitrogens with zero attached hydrogens (tertiary/aromatic N) is 2. The molecule has 11 heavy (non-hydrogen) atoms. The molecule has 0 saturated carbocycles. The molecule has 1 heterocycles. The van der Waals surface area contributed by atoms with Crippen LogP contribution in [0.2, 0.25) is 0 Å². The first-order chi connectivity index (χ1) is 5.18. The molecule has 1 aliphatic heterocycles. The van der Waals surface area contributed by atoms with Gasteiger partial charge in [-0.25, -0.2) is 4.31 Å². The van der Waals surface area contributed by atoms with Gasteiger partial charge in [0.25, 0.3) is 5.24 Å². The van der Waals surface area contributed by atoms with Crippen LogP contribution < -0.4 is 5.73 Å². The first kappa shape index (κ1) is 8.83. The zero-order valence-corrected chi connectivity index (χ0v) is 7.43. The highest BCUT2D eigenvalue weighted by atomic mass is 32.2. The van der Waals surface area contributed by atoms with Crippen molar-refractivity contribution in [2.75, 3.05) is 33.2 Å². The fraction of sp³-hybridized carbons (Fsp3) is 0.833. The average Bonchev–Trinajstić information content (AvgIpc) is 1.93. The van der Waals surface area contributed by atoms with Gasteiger partial charge in [0, 0.05) is 38.1 Å². The van der Waals surface area contributed by atoms with Crippen LogP contribution in [0.4, 0.5) is 4.79 Å². The highest BCUT2D eigenvalue weighted by Gasteiger charge is 2.15. The zero-order valence-electron chi connectivity index (χ0n) is 6.62. The van der Waals surface area contributed by atoms with E-state index in [1.807, 2.05) is 4.31 Å². The molecule has 0 spiro atoms. The normalized spacial score (nSPS) is 21.9. The van der Waals surface area contributed by atoms with Crippen molar-refractivity contribution in [3.63, 3.8) is 0 Å². The number of hydrogen-bond donors (Lipinski definition) is 1. The summed E-state index contributed by atoms with van der Waals surface area (Å²) in [5.41, 5.74) is 5.03. The molecule has 0 radical (unpaired) electrons. The first-order valence-electron chi connectivity index (χ1n) is 3.59. The van der Waals surface area contributed by atoms with Crippen molar-refractivity contribution in [3.8, 4) is 0 Å². The van der Waals surface area contributed by atoms with Crippen molar-refractivity contribution in [1.29, 1.82) is 0 Å². The molecule has 1 fully saturated rings. The van der Waals surface area contributed by atoms with E-state index in [-0.39, 0.29) is 5.24 Å². The molecule has 0 aliphatic carbocycles. The van der Waals surface area contributed by atoms with E-state index in [4.69, 9.17) is 5.73 Å². The van der Waals surface area contributed by atoms with Crippen LogP contribution in [0.3, 0.4) is 0 Å². The van der Waals surface area contributed by atoms with E-state index >= 15 is 0 Å². The molecular weight excluding hydrogens is 162 g/mol. The SMILES string of the molecule is CN1CCN(SC(N)=O)CC1. The number of nitrogens with two attached hydrogens (primary N) is 1. The smallest absolute Gasteiger partial charge is 0.291 e. The number of hydrogen-bond acceptors (Lipinski definition) is 4. The molecule has 2 N–H and O–H groups in total. The lowest BCUT2D eigenvalue weighted by atomic mass is 10.4. The summed E-state index contributed by atoms with van der Waals surface area (Å²) < 4.78 is 2.00. The van der Waals surface area contributed by atoms with Crippen LogP contribution in [-0.4, -0.2) is 47.7 Å². The number of carbonyl (C=O) groups excluding carboxylic acids is 1. The van der Waals surface area contributed by atoms with E-state index in [0.29, 0.717) is 0 Å². The highest BCUT2D eigenvalue weighted by Crippen LogP contribution is 2.11. The summed E-state index contributed by atoms with van der Waals surface area (Å²) in [4.78, 5) is 12.7. The molecule has 0 bridgehead atoms. The van der Waals surface area contributed by atoms with Crippen molar-refractivity contribution in [3.05, 3.63) is 0 Å². The van der Waals surface area contributed by atoms with E-state index in [9.17, 15) is 4.79 Å². The molecule has 0 atom stereocenters. The third kappa shape index (κ3) is 3.09. The van der Waals surface area contributed by atoms with Gasteiger partial charge < -0.3 is 10.6 Å². The summed E-state index contributed by atoms with van der Waals surface area (Å²) in [6.45, 7) is 3.87. The Morgan fingerprint density at radius 1 is 1.36 bits per heavy atom. The van der Waals surface area contributed by atoms with E-state index in [1.165, 1.54) is 0 Å². The first-order valence-corrected chi connectivity index (χ1v) is 4.37. The summed E-state index contributed by atoms with van der Waals surface area (Å²) in [5, 5.41) is -0.311. The van der Waals surface area contributed by atoms with Gasteiger partial charge in [-0.3, -0.25) is 4.79 Å². The summed E-state index contributed by atoms with van der Waals surface area (Å²) >= 11 is 1.12. The summed E-state index contributed by atoms with van der Waals surface area (Å²) in [6, 6.07) is 0. The fourth-order valence-corrected chi connectivity index (χ4v) is 1.61. The number of carbonyl (C=O) groups is 1. The van der Waals surface area contributed by atoms with Gasteiger partial charge in [0.05, 0.1) is 0 Å². The zero-order chi connectivity index (χ0) is 8.27. The van der Waals surface area contributed by atoms with Crippen LogP contribution >= 0.6 is 11.9 Å². The monoisotopic (exact) mass is 175 g/mol. The lowest BCUT2D eigenvalue weighted by Gasteiger charge is -2.30. The van der Waals surface area contributed by atoms with E-state index < -0.39 is 0 Å². The molecule has 0 aromatic rings. The van der Waals surface area contributed by atoms with Crippen LogP contribution in [0.25, 0.3) is 0 Å². The van der Waals surface area contributed by atoms with Gasteiger partial charge in [-0.05, 0) is 7.05 Å². The van der Waals surface area contributed by atoms with Crippen LogP contribution in [0.5, 0.6) is 0 Å². The number of likely N-dealkylation sites (N-methyl/N-ethyl adjacent to an activating group) is 1. The van der Waals surface area contributed by atoms with Crippen LogP contribution in [-0.2, 0) is 0 Å². The summed E-state index contributed by atoms with van der Waals surface area (Å²) in [7, 11) is 2.08. The van der Waals surface area contributed by atoms with Gasteiger partial charge >= 0.3 is 0 Å². The molecule has 1 rings (SSSR count). The third-order valence-electron chi connectivity index (χ3n) is 1.68. The number of piperazine rings is 1. The number of rotatable bonds is 1. The predicted molar refractivity (Wildman–Crippen MR) is 46.2 cm³/mol. The van der Waals surface area contributed by atoms with Crippen molar-refractivity contribution in [2.45, 2.75) is 0 Å². The maximum absolute atomic E-state index is 10.5. The molecular formula is C6H13N3OS. The largest absolute Gasteiger partial charge is 0.359 e. The Labute approximate surface area is 70.8 Å². The number of amides is 1. The van der Waals surface area contributed by atoms with Crippen molar-refractivity contribution >= 4 is 17.2 Å². The van der Waals surface area contributed by atoms with Gasteiger partial charge in [-0.15, -0.1) is 0 Å². The lowest BCUT2D eigenvalue weighted by molar-refractivity contribution is 0.232. The van der Waals surface area contributed by atoms with E-state index in [0.717, 1.165) is 38.1 Å². The van der Waals surface area contributed by atoms with Gasteiger partial charge in [0.15, 0.2) is 0 Å². The van der Waals surface area contributed by atoms with Gasteiger partial charge in [-0.1, -0.05) is 0 Å². The van der Waals surface area contributed by atoms with Crippen LogP contribution in [0.15, 0.2) is 0 Å².